The number of nitrogens with zero attached hydrogens (tertiary/aromatic N) is 5. The maximum absolute atomic E-state index is 10.6. The van der Waals surface area contributed by atoms with Gasteiger partial charge in [0.15, 0.2) is 0 Å². The van der Waals surface area contributed by atoms with Crippen LogP contribution < -0.4 is 0 Å². The van der Waals surface area contributed by atoms with Gasteiger partial charge >= 0.3 is 12.1 Å². The van der Waals surface area contributed by atoms with Crippen LogP contribution in [0.5, 0.6) is 0 Å². The van der Waals surface area contributed by atoms with E-state index in [1.807, 2.05) is 30.5 Å². The van der Waals surface area contributed by atoms with Gasteiger partial charge in [0.25, 0.3) is 0 Å². The van der Waals surface area contributed by atoms with Crippen molar-refractivity contribution in [2.45, 2.75) is 38.1 Å². The Balaban J connectivity index is 0.000000298. The molecule has 160 valence electrons. The van der Waals surface area contributed by atoms with Crippen molar-refractivity contribution in [3.63, 3.8) is 0 Å². The smallest absolute Gasteiger partial charge is 0.475 e. The summed E-state index contributed by atoms with van der Waals surface area (Å²) >= 11 is 0. The number of halogens is 3. The number of ether oxygens (including phenoxy) is 1. The molecule has 1 unspecified atom stereocenters. The van der Waals surface area contributed by atoms with Crippen molar-refractivity contribution in [2.75, 3.05) is 19.8 Å². The lowest BCUT2D eigenvalue weighted by molar-refractivity contribution is -0.192. The van der Waals surface area contributed by atoms with E-state index in [2.05, 4.69) is 25.7 Å². The fourth-order valence-corrected chi connectivity index (χ4v) is 3.18. The van der Waals surface area contributed by atoms with E-state index in [4.69, 9.17) is 14.6 Å². The van der Waals surface area contributed by atoms with Crippen molar-refractivity contribution in [1.82, 2.24) is 24.2 Å². The first kappa shape index (κ1) is 21.3. The summed E-state index contributed by atoms with van der Waals surface area (Å²) in [5.74, 6) is -1.94. The van der Waals surface area contributed by atoms with E-state index < -0.39 is 12.1 Å². The number of aryl methyl sites for hydroxylation is 1. The van der Waals surface area contributed by atoms with Gasteiger partial charge in [-0.25, -0.2) is 9.78 Å². The van der Waals surface area contributed by atoms with Crippen molar-refractivity contribution in [3.8, 4) is 0 Å². The van der Waals surface area contributed by atoms with E-state index in [9.17, 15) is 13.2 Å². The summed E-state index contributed by atoms with van der Waals surface area (Å²) in [6.45, 7) is 4.57. The van der Waals surface area contributed by atoms with Crippen molar-refractivity contribution in [2.24, 2.45) is 13.0 Å². The summed E-state index contributed by atoms with van der Waals surface area (Å²) in [6, 6.07) is 0.363. The molecular weight excluding hydrogens is 391 g/mol. The van der Waals surface area contributed by atoms with Crippen molar-refractivity contribution < 1.29 is 27.8 Å². The molecule has 1 atom stereocenters. The number of carbonyl (C=O) groups is 1. The molecule has 2 aliphatic rings. The van der Waals surface area contributed by atoms with Crippen molar-refractivity contribution in [1.29, 1.82) is 0 Å². The molecule has 4 rings (SSSR count). The highest BCUT2D eigenvalue weighted by Gasteiger charge is 2.38. The molecule has 1 aliphatic carbocycles. The number of rotatable bonds is 6. The van der Waals surface area contributed by atoms with Crippen molar-refractivity contribution >= 4 is 5.97 Å². The number of aromatic nitrogens is 4. The Morgan fingerprint density at radius 2 is 2.03 bits per heavy atom. The van der Waals surface area contributed by atoms with E-state index in [-0.39, 0.29) is 0 Å². The predicted octanol–water partition coefficient (Wildman–Crippen LogP) is 2.23. The summed E-state index contributed by atoms with van der Waals surface area (Å²) in [5, 5.41) is 11.4. The lowest BCUT2D eigenvalue weighted by Gasteiger charge is -2.34. The molecule has 1 aliphatic heterocycles. The zero-order valence-electron chi connectivity index (χ0n) is 16.0. The molecule has 0 amide bonds. The molecule has 8 nitrogen and oxygen atoms in total. The molecule has 0 bridgehead atoms. The molecule has 1 saturated carbocycles. The van der Waals surface area contributed by atoms with Crippen LogP contribution in [-0.2, 0) is 29.7 Å². The summed E-state index contributed by atoms with van der Waals surface area (Å²) < 4.78 is 41.8. The molecule has 3 heterocycles. The van der Waals surface area contributed by atoms with Gasteiger partial charge in [-0.2, -0.15) is 18.3 Å². The molecule has 0 aromatic carbocycles. The number of hydrogen-bond acceptors (Lipinski definition) is 5. The third kappa shape index (κ3) is 6.29. The number of alkyl halides is 3. The molecule has 1 fully saturated rings. The third-order valence-electron chi connectivity index (χ3n) is 4.76. The maximum atomic E-state index is 10.6. The Kier molecular flexibility index (Phi) is 6.58. The van der Waals surface area contributed by atoms with Gasteiger partial charge in [-0.3, -0.25) is 9.58 Å². The number of hydrogen-bond donors (Lipinski definition) is 1. The topological polar surface area (TPSA) is 85.4 Å². The first-order chi connectivity index (χ1) is 13.7. The zero-order valence-corrected chi connectivity index (χ0v) is 16.0. The number of imidazole rings is 1. The van der Waals surface area contributed by atoms with E-state index in [1.54, 1.807) is 0 Å². The molecular formula is C18H24F3N5O3. The fourth-order valence-electron chi connectivity index (χ4n) is 3.18. The highest BCUT2D eigenvalue weighted by atomic mass is 19.4. The van der Waals surface area contributed by atoms with E-state index in [1.165, 1.54) is 24.1 Å². The molecule has 0 saturated heterocycles. The number of aliphatic carboxylic acids is 1. The molecule has 0 spiro atoms. The Bertz CT molecular complexity index is 816. The summed E-state index contributed by atoms with van der Waals surface area (Å²) in [7, 11) is 1.96. The van der Waals surface area contributed by atoms with Crippen LogP contribution in [0.4, 0.5) is 13.2 Å². The Morgan fingerprint density at radius 1 is 1.31 bits per heavy atom. The molecule has 0 radical (unpaired) electrons. The van der Waals surface area contributed by atoms with Crippen LogP contribution in [-0.4, -0.2) is 61.2 Å². The summed E-state index contributed by atoms with van der Waals surface area (Å²) in [4.78, 5) is 15.7. The van der Waals surface area contributed by atoms with Crippen LogP contribution in [0.2, 0.25) is 0 Å². The number of carboxylic acid groups (broad SMARTS) is 1. The molecule has 11 heteroatoms. The maximum Gasteiger partial charge on any atom is 0.490 e. The number of carboxylic acids is 1. The molecule has 29 heavy (non-hydrogen) atoms. The summed E-state index contributed by atoms with van der Waals surface area (Å²) in [6.07, 6.45) is 5.56. The second-order valence-electron chi connectivity index (χ2n) is 7.42. The van der Waals surface area contributed by atoms with Crippen LogP contribution >= 0.6 is 0 Å². The second kappa shape index (κ2) is 8.95. The first-order valence-electron chi connectivity index (χ1n) is 9.31. The SMILES string of the molecule is Cn1cc(CN2Cc3cncn3C(COCC3CC3)C2)cn1.O=C(O)C(F)(F)F. The minimum atomic E-state index is -5.08. The van der Waals surface area contributed by atoms with Gasteiger partial charge in [-0.05, 0) is 18.8 Å². The highest BCUT2D eigenvalue weighted by molar-refractivity contribution is 5.73. The van der Waals surface area contributed by atoms with Crippen LogP contribution in [0.25, 0.3) is 0 Å². The van der Waals surface area contributed by atoms with Gasteiger partial charge in [-0.15, -0.1) is 0 Å². The van der Waals surface area contributed by atoms with E-state index >= 15 is 0 Å². The fraction of sp³-hybridized carbons (Fsp3) is 0.611. The standard InChI is InChI=1S/C16H23N5O.C2HF3O2/c1-19-6-14(4-18-19)7-20-8-15-5-17-12-21(15)16(9-20)11-22-10-13-2-3-13;3-2(4,5)1(6)7/h4-6,12-13,16H,2-3,7-11H2,1H3;(H,6,7). The largest absolute Gasteiger partial charge is 0.490 e. The quantitative estimate of drug-likeness (QED) is 0.779. The van der Waals surface area contributed by atoms with E-state index in [0.29, 0.717) is 6.04 Å². The van der Waals surface area contributed by atoms with Crippen LogP contribution in [0.15, 0.2) is 24.9 Å². The molecule has 2 aromatic rings. The van der Waals surface area contributed by atoms with Gasteiger partial charge in [0, 0.05) is 51.2 Å². The van der Waals surface area contributed by atoms with Crippen molar-refractivity contribution in [3.05, 3.63) is 36.2 Å². The van der Waals surface area contributed by atoms with Gasteiger partial charge in [0.2, 0.25) is 0 Å². The zero-order chi connectivity index (χ0) is 21.0. The summed E-state index contributed by atoms with van der Waals surface area (Å²) in [5.41, 5.74) is 2.53. The first-order valence-corrected chi connectivity index (χ1v) is 9.31. The van der Waals surface area contributed by atoms with Gasteiger partial charge in [-0.1, -0.05) is 0 Å². The lowest BCUT2D eigenvalue weighted by Crippen LogP contribution is -2.38. The normalized spacial score (nSPS) is 19.4. The average molecular weight is 415 g/mol. The second-order valence-corrected chi connectivity index (χ2v) is 7.42. The minimum Gasteiger partial charge on any atom is -0.475 e. The third-order valence-corrected chi connectivity index (χ3v) is 4.76. The highest BCUT2D eigenvalue weighted by Crippen LogP contribution is 2.29. The number of fused-ring (bicyclic) bond motifs is 1. The van der Waals surface area contributed by atoms with Crippen LogP contribution in [0, 0.1) is 5.92 Å². The van der Waals surface area contributed by atoms with Gasteiger partial charge in [0.1, 0.15) is 0 Å². The molecule has 1 N–H and O–H groups in total. The Hall–Kier alpha value is -2.40. The Labute approximate surface area is 165 Å². The molecule has 2 aromatic heterocycles. The average Bonchev–Trinajstić information content (AvgIpc) is 3.17. The van der Waals surface area contributed by atoms with E-state index in [0.717, 1.165) is 38.8 Å². The predicted molar refractivity (Wildman–Crippen MR) is 95.8 cm³/mol. The lowest BCUT2D eigenvalue weighted by atomic mass is 10.2. The van der Waals surface area contributed by atoms with Gasteiger partial charge in [0.05, 0.1) is 30.9 Å². The minimum absolute atomic E-state index is 0.363. The van der Waals surface area contributed by atoms with Crippen LogP contribution in [0.3, 0.4) is 0 Å². The Morgan fingerprint density at radius 3 is 2.62 bits per heavy atom. The van der Waals surface area contributed by atoms with Crippen LogP contribution in [0.1, 0.15) is 30.1 Å². The monoisotopic (exact) mass is 415 g/mol. The van der Waals surface area contributed by atoms with Gasteiger partial charge < -0.3 is 14.4 Å².